The summed E-state index contributed by atoms with van der Waals surface area (Å²) in [7, 11) is 5.11. The lowest BCUT2D eigenvalue weighted by atomic mass is 10.1. The molecule has 0 atom stereocenters. The second kappa shape index (κ2) is 8.75. The van der Waals surface area contributed by atoms with Crippen molar-refractivity contribution in [3.8, 4) is 0 Å². The first-order chi connectivity index (χ1) is 10.3. The van der Waals surface area contributed by atoms with Crippen LogP contribution in [-0.2, 0) is 16.1 Å². The highest BCUT2D eigenvalue weighted by Crippen LogP contribution is 2.07. The van der Waals surface area contributed by atoms with Crippen molar-refractivity contribution in [3.63, 3.8) is 0 Å². The van der Waals surface area contributed by atoms with Gasteiger partial charge in [-0.1, -0.05) is 6.07 Å². The first-order valence-electron chi connectivity index (χ1n) is 7.14. The smallest absolute Gasteiger partial charge is 0.243 e. The standard InChI is InChI=1S/C15H26N4O2S/c1-15(2,21-5)11-18-14(17-10-13(20)19(3)4)16-9-12-7-6-8-22-12/h6-8H,9-11H2,1-5H3,(H2,16,17,18). The molecule has 0 spiro atoms. The molecule has 0 unspecified atom stereocenters. The Morgan fingerprint density at radius 2 is 2.14 bits per heavy atom. The van der Waals surface area contributed by atoms with Crippen LogP contribution in [0, 0.1) is 0 Å². The number of hydrogen-bond donors (Lipinski definition) is 2. The molecule has 6 nitrogen and oxygen atoms in total. The second-order valence-electron chi connectivity index (χ2n) is 5.70. The van der Waals surface area contributed by atoms with Crippen molar-refractivity contribution in [2.24, 2.45) is 4.99 Å². The van der Waals surface area contributed by atoms with Gasteiger partial charge in [-0.05, 0) is 25.3 Å². The zero-order valence-corrected chi connectivity index (χ0v) is 14.8. The van der Waals surface area contributed by atoms with Crippen molar-refractivity contribution in [3.05, 3.63) is 22.4 Å². The van der Waals surface area contributed by atoms with Gasteiger partial charge in [0.05, 0.1) is 12.1 Å². The molecule has 7 heteroatoms. The molecular formula is C15H26N4O2S. The number of guanidine groups is 1. The van der Waals surface area contributed by atoms with Gasteiger partial charge in [0.15, 0.2) is 5.96 Å². The number of methoxy groups -OCH3 is 1. The molecule has 0 aliphatic rings. The van der Waals surface area contributed by atoms with Gasteiger partial charge in [-0.3, -0.25) is 4.79 Å². The van der Waals surface area contributed by atoms with Crippen LogP contribution >= 0.6 is 11.3 Å². The van der Waals surface area contributed by atoms with Crippen molar-refractivity contribution in [2.75, 3.05) is 34.3 Å². The minimum Gasteiger partial charge on any atom is -0.377 e. The van der Waals surface area contributed by atoms with E-state index in [1.165, 1.54) is 9.78 Å². The predicted molar refractivity (Wildman–Crippen MR) is 91.2 cm³/mol. The Labute approximate surface area is 136 Å². The molecule has 22 heavy (non-hydrogen) atoms. The summed E-state index contributed by atoms with van der Waals surface area (Å²) in [5, 5.41) is 8.48. The minimum absolute atomic E-state index is 0.0387. The van der Waals surface area contributed by atoms with Crippen molar-refractivity contribution >= 4 is 23.2 Å². The Balaban J connectivity index is 2.62. The molecule has 0 aliphatic carbocycles. The monoisotopic (exact) mass is 326 g/mol. The lowest BCUT2D eigenvalue weighted by Crippen LogP contribution is -2.45. The molecule has 0 aliphatic heterocycles. The maximum atomic E-state index is 11.7. The molecule has 124 valence electrons. The molecule has 0 radical (unpaired) electrons. The van der Waals surface area contributed by atoms with Crippen LogP contribution in [0.25, 0.3) is 0 Å². The molecule has 0 aromatic carbocycles. The number of ether oxygens (including phenoxy) is 1. The van der Waals surface area contributed by atoms with Gasteiger partial charge in [0, 0.05) is 32.6 Å². The Kier molecular flexibility index (Phi) is 7.34. The summed E-state index contributed by atoms with van der Waals surface area (Å²) in [5.74, 6) is 0.567. The van der Waals surface area contributed by atoms with Gasteiger partial charge in [-0.2, -0.15) is 0 Å². The Hall–Kier alpha value is -1.60. The summed E-state index contributed by atoms with van der Waals surface area (Å²) < 4.78 is 5.38. The van der Waals surface area contributed by atoms with E-state index in [2.05, 4.69) is 21.7 Å². The van der Waals surface area contributed by atoms with Crippen LogP contribution in [0.5, 0.6) is 0 Å². The van der Waals surface area contributed by atoms with Gasteiger partial charge < -0.3 is 20.3 Å². The van der Waals surface area contributed by atoms with Crippen molar-refractivity contribution in [1.29, 1.82) is 0 Å². The zero-order chi connectivity index (χ0) is 16.6. The van der Waals surface area contributed by atoms with E-state index in [0.29, 0.717) is 19.0 Å². The Morgan fingerprint density at radius 1 is 1.41 bits per heavy atom. The number of aliphatic imine (C=N–C) groups is 1. The van der Waals surface area contributed by atoms with Gasteiger partial charge in [0.25, 0.3) is 0 Å². The van der Waals surface area contributed by atoms with Crippen molar-refractivity contribution in [1.82, 2.24) is 15.5 Å². The molecule has 1 aromatic rings. The summed E-state index contributed by atoms with van der Waals surface area (Å²) in [5.41, 5.74) is -0.309. The summed E-state index contributed by atoms with van der Waals surface area (Å²) in [6, 6.07) is 4.06. The first-order valence-corrected chi connectivity index (χ1v) is 8.02. The first kappa shape index (κ1) is 18.4. The Morgan fingerprint density at radius 3 is 2.68 bits per heavy atom. The molecule has 2 N–H and O–H groups in total. The Bertz CT molecular complexity index is 484. The van der Waals surface area contributed by atoms with Crippen LogP contribution in [0.15, 0.2) is 22.5 Å². The number of nitrogens with zero attached hydrogens (tertiary/aromatic N) is 2. The van der Waals surface area contributed by atoms with E-state index in [-0.39, 0.29) is 18.1 Å². The highest BCUT2D eigenvalue weighted by atomic mass is 32.1. The van der Waals surface area contributed by atoms with E-state index in [0.717, 1.165) is 0 Å². The fraction of sp³-hybridized carbons (Fsp3) is 0.600. The van der Waals surface area contributed by atoms with Crippen LogP contribution in [0.4, 0.5) is 0 Å². The van der Waals surface area contributed by atoms with Crippen LogP contribution in [0.3, 0.4) is 0 Å². The molecule has 1 amide bonds. The van der Waals surface area contributed by atoms with E-state index in [1.54, 1.807) is 32.5 Å². The van der Waals surface area contributed by atoms with Crippen molar-refractivity contribution in [2.45, 2.75) is 26.0 Å². The summed E-state index contributed by atoms with van der Waals surface area (Å²) in [6.07, 6.45) is 0. The van der Waals surface area contributed by atoms with Gasteiger partial charge in [0.2, 0.25) is 5.91 Å². The third kappa shape index (κ3) is 6.91. The van der Waals surface area contributed by atoms with Crippen LogP contribution in [0.1, 0.15) is 18.7 Å². The molecule has 1 rings (SSSR count). The maximum absolute atomic E-state index is 11.7. The fourth-order valence-corrected chi connectivity index (χ4v) is 2.06. The fourth-order valence-electron chi connectivity index (χ4n) is 1.42. The van der Waals surface area contributed by atoms with E-state index in [9.17, 15) is 4.79 Å². The topological polar surface area (TPSA) is 66.0 Å². The lowest BCUT2D eigenvalue weighted by molar-refractivity contribution is -0.127. The molecule has 0 saturated carbocycles. The summed E-state index contributed by atoms with van der Waals surface area (Å²) in [6.45, 7) is 5.35. The third-order valence-electron chi connectivity index (χ3n) is 3.12. The third-order valence-corrected chi connectivity index (χ3v) is 3.99. The number of rotatable bonds is 7. The second-order valence-corrected chi connectivity index (χ2v) is 6.74. The molecule has 0 bridgehead atoms. The number of nitrogens with one attached hydrogen (secondary N) is 2. The minimum atomic E-state index is -0.309. The van der Waals surface area contributed by atoms with Crippen LogP contribution in [-0.4, -0.2) is 56.7 Å². The number of carbonyl (C=O) groups excluding carboxylic acids is 1. The van der Waals surface area contributed by atoms with E-state index in [4.69, 9.17) is 4.74 Å². The molecule has 1 aromatic heterocycles. The van der Waals surface area contributed by atoms with Gasteiger partial charge in [-0.25, -0.2) is 4.99 Å². The molecule has 0 saturated heterocycles. The van der Waals surface area contributed by atoms with E-state index >= 15 is 0 Å². The predicted octanol–water partition coefficient (Wildman–Crippen LogP) is 1.30. The van der Waals surface area contributed by atoms with E-state index < -0.39 is 0 Å². The van der Waals surface area contributed by atoms with Gasteiger partial charge in [-0.15, -0.1) is 11.3 Å². The number of thiophene rings is 1. The van der Waals surface area contributed by atoms with Crippen molar-refractivity contribution < 1.29 is 9.53 Å². The average molecular weight is 326 g/mol. The normalized spacial score (nSPS) is 12.1. The quantitative estimate of drug-likeness (QED) is 0.585. The zero-order valence-electron chi connectivity index (χ0n) is 14.0. The number of likely N-dealkylation sites (N-methyl/N-ethyl adjacent to an activating group) is 1. The number of carbonyl (C=O) groups is 1. The number of amides is 1. The van der Waals surface area contributed by atoms with Gasteiger partial charge in [0.1, 0.15) is 6.54 Å². The van der Waals surface area contributed by atoms with Gasteiger partial charge >= 0.3 is 0 Å². The number of hydrogen-bond acceptors (Lipinski definition) is 4. The SMILES string of the molecule is COC(C)(C)CNC(=NCC(=O)N(C)C)NCc1cccs1. The highest BCUT2D eigenvalue weighted by molar-refractivity contribution is 7.09. The van der Waals surface area contributed by atoms with E-state index in [1.807, 2.05) is 25.3 Å². The average Bonchev–Trinajstić information content (AvgIpc) is 2.99. The summed E-state index contributed by atoms with van der Waals surface area (Å²) in [4.78, 5) is 18.7. The highest BCUT2D eigenvalue weighted by Gasteiger charge is 2.16. The van der Waals surface area contributed by atoms with Crippen LogP contribution in [0.2, 0.25) is 0 Å². The maximum Gasteiger partial charge on any atom is 0.243 e. The summed E-state index contributed by atoms with van der Waals surface area (Å²) >= 11 is 1.68. The molecule has 0 fully saturated rings. The molecule has 1 heterocycles. The molecular weight excluding hydrogens is 300 g/mol. The van der Waals surface area contributed by atoms with Crippen LogP contribution < -0.4 is 10.6 Å². The largest absolute Gasteiger partial charge is 0.377 e. The lowest BCUT2D eigenvalue weighted by Gasteiger charge is -2.24.